The molecular formula is C16H21NO2. The summed E-state index contributed by atoms with van der Waals surface area (Å²) in [4.78, 5) is 14.1. The third-order valence-electron chi connectivity index (χ3n) is 3.02. The number of ether oxygens (including phenoxy) is 1. The number of rotatable bonds is 1. The van der Waals surface area contributed by atoms with Crippen molar-refractivity contribution in [3.8, 4) is 0 Å². The van der Waals surface area contributed by atoms with Gasteiger partial charge < -0.3 is 4.74 Å². The van der Waals surface area contributed by atoms with E-state index in [1.165, 1.54) is 0 Å². The fraction of sp³-hybridized carbons (Fsp3) is 0.438. The van der Waals surface area contributed by atoms with Gasteiger partial charge in [0.1, 0.15) is 5.60 Å². The molecule has 1 unspecified atom stereocenters. The molecule has 0 aromatic heterocycles. The van der Waals surface area contributed by atoms with E-state index >= 15 is 0 Å². The third kappa shape index (κ3) is 3.60. The van der Waals surface area contributed by atoms with E-state index in [1.807, 2.05) is 45.0 Å². The first-order valence-corrected chi connectivity index (χ1v) is 6.67. The third-order valence-corrected chi connectivity index (χ3v) is 3.02. The lowest BCUT2D eigenvalue weighted by atomic mass is 9.99. The van der Waals surface area contributed by atoms with Crippen molar-refractivity contribution >= 4 is 6.09 Å². The van der Waals surface area contributed by atoms with Crippen LogP contribution in [0.25, 0.3) is 0 Å². The van der Waals surface area contributed by atoms with E-state index in [2.05, 4.69) is 18.2 Å². The summed E-state index contributed by atoms with van der Waals surface area (Å²) in [5, 5.41) is 0. The maximum Gasteiger partial charge on any atom is 0.411 e. The molecule has 0 aliphatic carbocycles. The van der Waals surface area contributed by atoms with Crippen LogP contribution in [-0.2, 0) is 4.74 Å². The molecule has 1 aromatic carbocycles. The highest BCUT2D eigenvalue weighted by Crippen LogP contribution is 2.29. The minimum absolute atomic E-state index is 0.0704. The van der Waals surface area contributed by atoms with Crippen molar-refractivity contribution in [2.75, 3.05) is 6.54 Å². The molecule has 2 rings (SSSR count). The zero-order valence-electron chi connectivity index (χ0n) is 11.8. The summed E-state index contributed by atoms with van der Waals surface area (Å²) in [5.41, 5.74) is 0.692. The Labute approximate surface area is 114 Å². The van der Waals surface area contributed by atoms with Crippen LogP contribution in [0.1, 0.15) is 38.8 Å². The van der Waals surface area contributed by atoms with Gasteiger partial charge >= 0.3 is 6.09 Å². The van der Waals surface area contributed by atoms with Gasteiger partial charge in [0.2, 0.25) is 0 Å². The first-order valence-electron chi connectivity index (χ1n) is 6.67. The van der Waals surface area contributed by atoms with Gasteiger partial charge in [0.25, 0.3) is 0 Å². The molecule has 1 heterocycles. The van der Waals surface area contributed by atoms with E-state index in [4.69, 9.17) is 4.74 Å². The van der Waals surface area contributed by atoms with E-state index in [-0.39, 0.29) is 12.1 Å². The first kappa shape index (κ1) is 13.7. The number of amides is 1. The summed E-state index contributed by atoms with van der Waals surface area (Å²) in [5.74, 6) is 0. The minimum Gasteiger partial charge on any atom is -0.444 e. The largest absolute Gasteiger partial charge is 0.444 e. The zero-order chi connectivity index (χ0) is 13.9. The number of nitrogens with zero attached hydrogens (tertiary/aromatic N) is 1. The molecule has 3 heteroatoms. The van der Waals surface area contributed by atoms with Gasteiger partial charge in [0.05, 0.1) is 6.04 Å². The molecule has 0 saturated carbocycles. The highest BCUT2D eigenvalue weighted by atomic mass is 16.6. The number of carbonyl (C=O) groups is 1. The van der Waals surface area contributed by atoms with Crippen molar-refractivity contribution in [2.24, 2.45) is 0 Å². The van der Waals surface area contributed by atoms with E-state index in [0.29, 0.717) is 6.54 Å². The number of hydrogen-bond acceptors (Lipinski definition) is 2. The Balaban J connectivity index is 2.18. The summed E-state index contributed by atoms with van der Waals surface area (Å²) in [7, 11) is 0. The Morgan fingerprint density at radius 3 is 2.53 bits per heavy atom. The lowest BCUT2D eigenvalue weighted by molar-refractivity contribution is 0.0176. The first-order chi connectivity index (χ1) is 8.97. The van der Waals surface area contributed by atoms with Gasteiger partial charge in [0.15, 0.2) is 0 Å². The van der Waals surface area contributed by atoms with Gasteiger partial charge in [0, 0.05) is 6.54 Å². The lowest BCUT2D eigenvalue weighted by Gasteiger charge is -2.34. The predicted octanol–water partition coefficient (Wildman–Crippen LogP) is 3.92. The molecule has 1 aliphatic rings. The average Bonchev–Trinajstić information content (AvgIpc) is 2.38. The van der Waals surface area contributed by atoms with Crippen LogP contribution in [0.5, 0.6) is 0 Å². The average molecular weight is 259 g/mol. The van der Waals surface area contributed by atoms with Crippen molar-refractivity contribution in [3.05, 3.63) is 48.0 Å². The van der Waals surface area contributed by atoms with E-state index in [0.717, 1.165) is 12.0 Å². The van der Waals surface area contributed by atoms with Gasteiger partial charge in [-0.3, -0.25) is 4.90 Å². The van der Waals surface area contributed by atoms with Gasteiger partial charge in [-0.1, -0.05) is 42.5 Å². The molecule has 0 bridgehead atoms. The number of carbonyl (C=O) groups excluding carboxylic acids is 1. The van der Waals surface area contributed by atoms with Gasteiger partial charge in [-0.05, 0) is 32.8 Å². The molecule has 0 radical (unpaired) electrons. The summed E-state index contributed by atoms with van der Waals surface area (Å²) < 4.78 is 5.48. The second-order valence-corrected chi connectivity index (χ2v) is 5.77. The standard InChI is InChI=1S/C16H21NO2/c1-16(2,3)19-15(18)17-12-8-7-11-14(17)13-9-5-4-6-10-13/h4-10,14H,11-12H2,1-3H3. The summed E-state index contributed by atoms with van der Waals surface area (Å²) in [6.07, 6.45) is 4.73. The second kappa shape index (κ2) is 5.47. The summed E-state index contributed by atoms with van der Waals surface area (Å²) in [6, 6.07) is 10.2. The predicted molar refractivity (Wildman–Crippen MR) is 75.9 cm³/mol. The molecule has 0 fully saturated rings. The van der Waals surface area contributed by atoms with E-state index in [1.54, 1.807) is 4.90 Å². The Hall–Kier alpha value is -1.77. The topological polar surface area (TPSA) is 29.5 Å². The van der Waals surface area contributed by atoms with Crippen LogP contribution in [0.3, 0.4) is 0 Å². The maximum absolute atomic E-state index is 12.3. The molecule has 19 heavy (non-hydrogen) atoms. The Bertz CT molecular complexity index is 459. The van der Waals surface area contributed by atoms with Crippen molar-refractivity contribution in [1.82, 2.24) is 4.90 Å². The smallest absolute Gasteiger partial charge is 0.411 e. The van der Waals surface area contributed by atoms with Crippen molar-refractivity contribution in [3.63, 3.8) is 0 Å². The molecule has 0 N–H and O–H groups in total. The SMILES string of the molecule is CC(C)(C)OC(=O)N1CC=CCC1c1ccccc1. The van der Waals surface area contributed by atoms with E-state index in [9.17, 15) is 4.79 Å². The molecule has 1 amide bonds. The van der Waals surface area contributed by atoms with Crippen molar-refractivity contribution < 1.29 is 9.53 Å². The highest BCUT2D eigenvalue weighted by Gasteiger charge is 2.29. The van der Waals surface area contributed by atoms with Crippen LogP contribution in [-0.4, -0.2) is 23.1 Å². The fourth-order valence-electron chi connectivity index (χ4n) is 2.18. The van der Waals surface area contributed by atoms with Crippen molar-refractivity contribution in [1.29, 1.82) is 0 Å². The van der Waals surface area contributed by atoms with Gasteiger partial charge in [-0.2, -0.15) is 0 Å². The van der Waals surface area contributed by atoms with Crippen LogP contribution in [0.15, 0.2) is 42.5 Å². The highest BCUT2D eigenvalue weighted by molar-refractivity contribution is 5.69. The molecule has 1 aliphatic heterocycles. The molecule has 0 spiro atoms. The van der Waals surface area contributed by atoms with Crippen LogP contribution in [0.4, 0.5) is 4.79 Å². The quantitative estimate of drug-likeness (QED) is 0.715. The number of hydrogen-bond donors (Lipinski definition) is 0. The van der Waals surface area contributed by atoms with Crippen LogP contribution in [0.2, 0.25) is 0 Å². The maximum atomic E-state index is 12.3. The van der Waals surface area contributed by atoms with Gasteiger partial charge in [-0.15, -0.1) is 0 Å². The molecule has 1 atom stereocenters. The van der Waals surface area contributed by atoms with Crippen molar-refractivity contribution in [2.45, 2.75) is 38.8 Å². The minimum atomic E-state index is -0.459. The Morgan fingerprint density at radius 2 is 1.89 bits per heavy atom. The van der Waals surface area contributed by atoms with Crippen LogP contribution < -0.4 is 0 Å². The summed E-state index contributed by atoms with van der Waals surface area (Å²) in [6.45, 7) is 6.28. The monoisotopic (exact) mass is 259 g/mol. The van der Waals surface area contributed by atoms with Crippen LogP contribution in [0, 0.1) is 0 Å². The summed E-state index contributed by atoms with van der Waals surface area (Å²) >= 11 is 0. The van der Waals surface area contributed by atoms with Gasteiger partial charge in [-0.25, -0.2) is 4.79 Å². The Morgan fingerprint density at radius 1 is 1.21 bits per heavy atom. The fourth-order valence-corrected chi connectivity index (χ4v) is 2.18. The molecular weight excluding hydrogens is 238 g/mol. The number of benzene rings is 1. The Kier molecular flexibility index (Phi) is 3.93. The normalized spacial score (nSPS) is 19.3. The lowest BCUT2D eigenvalue weighted by Crippen LogP contribution is -2.40. The molecule has 3 nitrogen and oxygen atoms in total. The molecule has 0 saturated heterocycles. The molecule has 102 valence electrons. The van der Waals surface area contributed by atoms with Crippen LogP contribution >= 0.6 is 0 Å². The second-order valence-electron chi connectivity index (χ2n) is 5.77. The zero-order valence-corrected chi connectivity index (χ0v) is 11.8. The van der Waals surface area contributed by atoms with E-state index < -0.39 is 5.60 Å². The molecule has 1 aromatic rings.